The van der Waals surface area contributed by atoms with E-state index < -0.39 is 10.0 Å². The van der Waals surface area contributed by atoms with Gasteiger partial charge in [0.2, 0.25) is 10.0 Å². The third kappa shape index (κ3) is 3.94. The van der Waals surface area contributed by atoms with E-state index >= 15 is 0 Å². The molecule has 0 bridgehead atoms. The molecule has 4 nitrogen and oxygen atoms in total. The van der Waals surface area contributed by atoms with Crippen molar-refractivity contribution in [1.29, 1.82) is 0 Å². The Labute approximate surface area is 156 Å². The molecule has 26 heavy (non-hydrogen) atoms. The summed E-state index contributed by atoms with van der Waals surface area (Å²) in [4.78, 5) is 0. The summed E-state index contributed by atoms with van der Waals surface area (Å²) in [5.74, 6) is 0.774. The quantitative estimate of drug-likeness (QED) is 0.811. The van der Waals surface area contributed by atoms with E-state index in [0.29, 0.717) is 6.42 Å². The van der Waals surface area contributed by atoms with Gasteiger partial charge in [0.05, 0.1) is 11.8 Å². The molecule has 1 heterocycles. The summed E-state index contributed by atoms with van der Waals surface area (Å²) in [6.45, 7) is 6.13. The lowest BCUT2D eigenvalue weighted by molar-refractivity contribution is 0.0260. The number of ether oxygens (including phenoxy) is 1. The molecule has 1 atom stereocenters. The van der Waals surface area contributed by atoms with E-state index in [0.717, 1.165) is 35.3 Å². The highest BCUT2D eigenvalue weighted by Gasteiger charge is 2.39. The highest BCUT2D eigenvalue weighted by atomic mass is 32.2. The van der Waals surface area contributed by atoms with Crippen molar-refractivity contribution in [1.82, 2.24) is 4.72 Å². The van der Waals surface area contributed by atoms with Gasteiger partial charge in [0, 0.05) is 12.0 Å². The summed E-state index contributed by atoms with van der Waals surface area (Å²) in [5, 5.41) is 0. The van der Waals surface area contributed by atoms with Gasteiger partial charge in [-0.25, -0.2) is 13.1 Å². The van der Waals surface area contributed by atoms with Crippen LogP contribution < -0.4 is 9.46 Å². The monoisotopic (exact) mass is 373 g/mol. The molecule has 5 heteroatoms. The van der Waals surface area contributed by atoms with Crippen molar-refractivity contribution in [2.45, 2.75) is 57.4 Å². The summed E-state index contributed by atoms with van der Waals surface area (Å²) in [7, 11) is -3.47. The number of para-hydroxylation sites is 1. The lowest BCUT2D eigenvalue weighted by atomic mass is 9.84. The zero-order chi connectivity index (χ0) is 18.8. The number of aryl methyl sites for hydroxylation is 1. The molecule has 1 aliphatic heterocycles. The summed E-state index contributed by atoms with van der Waals surface area (Å²) < 4.78 is 34.9. The van der Waals surface area contributed by atoms with Gasteiger partial charge < -0.3 is 4.74 Å². The molecule has 140 valence electrons. The Morgan fingerprint density at radius 3 is 2.42 bits per heavy atom. The predicted molar refractivity (Wildman–Crippen MR) is 105 cm³/mol. The summed E-state index contributed by atoms with van der Waals surface area (Å²) in [5.41, 5.74) is 2.40. The van der Waals surface area contributed by atoms with Crippen LogP contribution in [0.2, 0.25) is 0 Å². The second-order valence-corrected chi connectivity index (χ2v) is 8.84. The van der Waals surface area contributed by atoms with Gasteiger partial charge >= 0.3 is 0 Å². The first-order valence-corrected chi connectivity index (χ1v) is 10.9. The van der Waals surface area contributed by atoms with Gasteiger partial charge in [-0.15, -0.1) is 0 Å². The second kappa shape index (κ2) is 7.41. The second-order valence-electron chi connectivity index (χ2n) is 7.09. The molecule has 0 fully saturated rings. The molecule has 0 radical (unpaired) electrons. The van der Waals surface area contributed by atoms with Gasteiger partial charge in [-0.05, 0) is 37.0 Å². The first kappa shape index (κ1) is 18.9. The maximum Gasteiger partial charge on any atom is 0.216 e. The van der Waals surface area contributed by atoms with Crippen LogP contribution in [0.1, 0.15) is 55.8 Å². The average molecular weight is 374 g/mol. The molecular formula is C21H27NO3S. The third-order valence-corrected chi connectivity index (χ3v) is 6.75. The first-order valence-electron chi connectivity index (χ1n) is 9.20. The van der Waals surface area contributed by atoms with Gasteiger partial charge in [0.25, 0.3) is 0 Å². The van der Waals surface area contributed by atoms with Gasteiger partial charge in [-0.1, -0.05) is 56.3 Å². The van der Waals surface area contributed by atoms with Crippen molar-refractivity contribution in [2.24, 2.45) is 0 Å². The van der Waals surface area contributed by atoms with Gasteiger partial charge in [0.15, 0.2) is 0 Å². The lowest BCUT2D eigenvalue weighted by Crippen LogP contribution is -2.44. The van der Waals surface area contributed by atoms with Gasteiger partial charge in [-0.2, -0.15) is 0 Å². The molecule has 0 unspecified atom stereocenters. The third-order valence-electron chi connectivity index (χ3n) is 5.41. The van der Waals surface area contributed by atoms with E-state index in [1.54, 1.807) is 0 Å². The summed E-state index contributed by atoms with van der Waals surface area (Å²) >= 11 is 0. The smallest absolute Gasteiger partial charge is 0.216 e. The van der Waals surface area contributed by atoms with Crippen LogP contribution >= 0.6 is 0 Å². The van der Waals surface area contributed by atoms with Crippen molar-refractivity contribution in [2.75, 3.05) is 0 Å². The fourth-order valence-corrected chi connectivity index (χ4v) is 5.10. The van der Waals surface area contributed by atoms with Crippen LogP contribution in [0.3, 0.4) is 0 Å². The van der Waals surface area contributed by atoms with Crippen molar-refractivity contribution in [3.63, 3.8) is 0 Å². The number of hydrogen-bond donors (Lipinski definition) is 1. The number of nitrogens with one attached hydrogen (secondary N) is 1. The minimum absolute atomic E-state index is 0.00948. The Kier molecular flexibility index (Phi) is 5.39. The molecule has 0 spiro atoms. The number of sulfonamides is 1. The Bertz CT molecular complexity index is 872. The zero-order valence-corrected chi connectivity index (χ0v) is 16.5. The average Bonchev–Trinajstić information content (AvgIpc) is 2.63. The molecule has 0 saturated carbocycles. The van der Waals surface area contributed by atoms with Crippen molar-refractivity contribution >= 4 is 10.0 Å². The number of fused-ring (bicyclic) bond motifs is 1. The van der Waals surface area contributed by atoms with Crippen LogP contribution in [-0.4, -0.2) is 14.0 Å². The highest BCUT2D eigenvalue weighted by molar-refractivity contribution is 7.88. The van der Waals surface area contributed by atoms with Crippen LogP contribution in [0, 0.1) is 6.92 Å². The normalized spacial score (nSPS) is 18.8. The summed E-state index contributed by atoms with van der Waals surface area (Å²) in [6.07, 6.45) is 2.33. The molecule has 2 aromatic rings. The van der Waals surface area contributed by atoms with Crippen LogP contribution in [0.25, 0.3) is 0 Å². The zero-order valence-electron chi connectivity index (χ0n) is 15.7. The van der Waals surface area contributed by atoms with Gasteiger partial charge in [-0.3, -0.25) is 0 Å². The van der Waals surface area contributed by atoms with Crippen LogP contribution in [-0.2, 0) is 15.8 Å². The molecule has 3 rings (SSSR count). The fourth-order valence-electron chi connectivity index (χ4n) is 3.64. The van der Waals surface area contributed by atoms with E-state index in [-0.39, 0.29) is 17.4 Å². The standard InChI is InChI=1S/C21H27NO3S/c1-4-21(5-2)14-19(18-12-8-9-13-20(18)25-21)22-26(23,24)15-17-11-7-6-10-16(17)3/h6-13,19,22H,4-5,14-15H2,1-3H3/t19-/m1/s1. The van der Waals surface area contributed by atoms with E-state index in [1.807, 2.05) is 55.5 Å². The lowest BCUT2D eigenvalue weighted by Gasteiger charge is -2.41. The predicted octanol–water partition coefficient (Wildman–Crippen LogP) is 4.50. The molecule has 0 aliphatic carbocycles. The number of hydrogen-bond acceptors (Lipinski definition) is 3. The molecule has 0 saturated heterocycles. The van der Waals surface area contributed by atoms with Crippen LogP contribution in [0.5, 0.6) is 5.75 Å². The Balaban J connectivity index is 1.89. The highest BCUT2D eigenvalue weighted by Crippen LogP contribution is 2.42. The molecule has 1 N–H and O–H groups in total. The fraction of sp³-hybridized carbons (Fsp3) is 0.429. The number of rotatable bonds is 6. The minimum Gasteiger partial charge on any atom is -0.487 e. The van der Waals surface area contributed by atoms with Crippen molar-refractivity contribution in [3.05, 3.63) is 65.2 Å². The molecule has 2 aromatic carbocycles. The van der Waals surface area contributed by atoms with E-state index in [2.05, 4.69) is 18.6 Å². The molecular weight excluding hydrogens is 346 g/mol. The van der Waals surface area contributed by atoms with Crippen LogP contribution in [0.15, 0.2) is 48.5 Å². The molecule has 1 aliphatic rings. The Morgan fingerprint density at radius 2 is 1.73 bits per heavy atom. The topological polar surface area (TPSA) is 55.4 Å². The van der Waals surface area contributed by atoms with E-state index in [9.17, 15) is 8.42 Å². The summed E-state index contributed by atoms with van der Waals surface area (Å²) in [6, 6.07) is 15.1. The van der Waals surface area contributed by atoms with Gasteiger partial charge in [0.1, 0.15) is 11.4 Å². The molecule has 0 amide bonds. The van der Waals surface area contributed by atoms with Crippen molar-refractivity contribution in [3.8, 4) is 5.75 Å². The maximum atomic E-state index is 12.9. The van der Waals surface area contributed by atoms with E-state index in [1.165, 1.54) is 0 Å². The minimum atomic E-state index is -3.47. The van der Waals surface area contributed by atoms with Crippen LogP contribution in [0.4, 0.5) is 0 Å². The van der Waals surface area contributed by atoms with E-state index in [4.69, 9.17) is 4.74 Å². The van der Waals surface area contributed by atoms with Crippen molar-refractivity contribution < 1.29 is 13.2 Å². The maximum absolute atomic E-state index is 12.9. The first-order chi connectivity index (χ1) is 12.4. The largest absolute Gasteiger partial charge is 0.487 e. The molecule has 0 aromatic heterocycles. The Morgan fingerprint density at radius 1 is 1.08 bits per heavy atom. The number of benzene rings is 2. The SMILES string of the molecule is CCC1(CC)C[C@@H](NS(=O)(=O)Cc2ccccc2C)c2ccccc2O1. The Hall–Kier alpha value is -1.85.